The second-order valence-electron chi connectivity index (χ2n) is 4.23. The molecule has 0 aromatic heterocycles. The van der Waals surface area contributed by atoms with E-state index < -0.39 is 0 Å². The highest BCUT2D eigenvalue weighted by atomic mass is 32.2. The van der Waals surface area contributed by atoms with Gasteiger partial charge < -0.3 is 4.74 Å². The first kappa shape index (κ1) is 11.6. The van der Waals surface area contributed by atoms with Crippen molar-refractivity contribution in [3.05, 3.63) is 42.2 Å². The Hall–Kier alpha value is -0.890. The number of benzene rings is 1. The average Bonchev–Trinajstić information content (AvgIpc) is 2.83. The number of ether oxygens (including phenoxy) is 1. The van der Waals surface area contributed by atoms with Crippen LogP contribution in [0.1, 0.15) is 18.9 Å². The number of rotatable bonds is 4. The Bertz CT molecular complexity index is 339. The summed E-state index contributed by atoms with van der Waals surface area (Å²) < 4.78 is 5.66. The molecule has 86 valence electrons. The van der Waals surface area contributed by atoms with Crippen molar-refractivity contribution >= 4 is 17.3 Å². The van der Waals surface area contributed by atoms with E-state index in [-0.39, 0.29) is 0 Å². The molecule has 1 aromatic carbocycles. The molecule has 0 bridgehead atoms. The molecule has 0 radical (unpaired) electrons. The molecule has 1 fully saturated rings. The van der Waals surface area contributed by atoms with E-state index in [4.69, 9.17) is 4.74 Å². The first-order valence-electron chi connectivity index (χ1n) is 5.78. The highest BCUT2D eigenvalue weighted by Gasteiger charge is 2.15. The van der Waals surface area contributed by atoms with E-state index in [1.807, 2.05) is 24.1 Å². The fraction of sp³-hybridized carbons (Fsp3) is 0.429. The maximum atomic E-state index is 5.66. The lowest BCUT2D eigenvalue weighted by atomic mass is 10.1. The summed E-state index contributed by atoms with van der Waals surface area (Å²) in [6.07, 6.45) is 3.21. The third-order valence-electron chi connectivity index (χ3n) is 2.85. The third-order valence-corrected chi connectivity index (χ3v) is 4.08. The molecular weight excluding hydrogens is 216 g/mol. The highest BCUT2D eigenvalue weighted by molar-refractivity contribution is 7.99. The van der Waals surface area contributed by atoms with E-state index >= 15 is 0 Å². The summed E-state index contributed by atoms with van der Waals surface area (Å²) in [4.78, 5) is 0. The molecule has 0 saturated carbocycles. The van der Waals surface area contributed by atoms with Crippen LogP contribution in [0.25, 0.3) is 5.57 Å². The van der Waals surface area contributed by atoms with E-state index in [0.29, 0.717) is 0 Å². The van der Waals surface area contributed by atoms with Gasteiger partial charge in [0, 0.05) is 5.92 Å². The molecule has 1 aromatic rings. The van der Waals surface area contributed by atoms with Gasteiger partial charge >= 0.3 is 0 Å². The van der Waals surface area contributed by atoms with Crippen LogP contribution >= 0.6 is 11.8 Å². The lowest BCUT2D eigenvalue weighted by molar-refractivity contribution is 0.207. The van der Waals surface area contributed by atoms with E-state index in [1.54, 1.807) is 0 Å². The Balaban J connectivity index is 1.82. The molecule has 0 aliphatic carbocycles. The fourth-order valence-electron chi connectivity index (χ4n) is 1.79. The summed E-state index contributed by atoms with van der Waals surface area (Å²) in [7, 11) is 0. The van der Waals surface area contributed by atoms with Gasteiger partial charge in [-0.3, -0.25) is 0 Å². The SMILES string of the molecule is C/C(=C/OCC1CCSC1)c1ccccc1. The Labute approximate surface area is 102 Å². The summed E-state index contributed by atoms with van der Waals surface area (Å²) >= 11 is 2.04. The Morgan fingerprint density at radius 1 is 1.44 bits per heavy atom. The molecule has 0 N–H and O–H groups in total. The van der Waals surface area contributed by atoms with Gasteiger partial charge in [-0.2, -0.15) is 11.8 Å². The second-order valence-corrected chi connectivity index (χ2v) is 5.38. The van der Waals surface area contributed by atoms with Crippen LogP contribution in [0.2, 0.25) is 0 Å². The third kappa shape index (κ3) is 3.31. The summed E-state index contributed by atoms with van der Waals surface area (Å²) in [6, 6.07) is 10.4. The average molecular weight is 234 g/mol. The summed E-state index contributed by atoms with van der Waals surface area (Å²) in [5, 5.41) is 0. The molecule has 1 aliphatic rings. The van der Waals surface area contributed by atoms with Crippen LogP contribution in [0.3, 0.4) is 0 Å². The van der Waals surface area contributed by atoms with Gasteiger partial charge in [-0.25, -0.2) is 0 Å². The number of hydrogen-bond donors (Lipinski definition) is 0. The van der Waals surface area contributed by atoms with Crippen LogP contribution in [0, 0.1) is 5.92 Å². The minimum atomic E-state index is 0.754. The van der Waals surface area contributed by atoms with Gasteiger partial charge in [0.15, 0.2) is 0 Å². The molecule has 2 heteroatoms. The van der Waals surface area contributed by atoms with Gasteiger partial charge in [-0.05, 0) is 36.0 Å². The summed E-state index contributed by atoms with van der Waals surface area (Å²) in [6.45, 7) is 2.97. The molecule has 2 rings (SSSR count). The minimum absolute atomic E-state index is 0.754. The van der Waals surface area contributed by atoms with Gasteiger partial charge in [0.05, 0.1) is 12.9 Å². The van der Waals surface area contributed by atoms with Crippen LogP contribution in [0.15, 0.2) is 36.6 Å². The van der Waals surface area contributed by atoms with Crippen LogP contribution < -0.4 is 0 Å². The zero-order chi connectivity index (χ0) is 11.2. The fourth-order valence-corrected chi connectivity index (χ4v) is 3.06. The molecule has 1 unspecified atom stereocenters. The van der Waals surface area contributed by atoms with Crippen LogP contribution in [0.4, 0.5) is 0 Å². The van der Waals surface area contributed by atoms with Gasteiger partial charge in [0.1, 0.15) is 0 Å². The largest absolute Gasteiger partial charge is 0.501 e. The predicted octanol–water partition coefficient (Wildman–Crippen LogP) is 3.82. The van der Waals surface area contributed by atoms with E-state index in [9.17, 15) is 0 Å². The predicted molar refractivity (Wildman–Crippen MR) is 71.5 cm³/mol. The lowest BCUT2D eigenvalue weighted by Gasteiger charge is -2.08. The van der Waals surface area contributed by atoms with Crippen molar-refractivity contribution in [2.75, 3.05) is 18.1 Å². The van der Waals surface area contributed by atoms with Crippen molar-refractivity contribution in [2.45, 2.75) is 13.3 Å². The van der Waals surface area contributed by atoms with Gasteiger partial charge in [-0.15, -0.1) is 0 Å². The van der Waals surface area contributed by atoms with E-state index in [0.717, 1.165) is 12.5 Å². The quantitative estimate of drug-likeness (QED) is 0.732. The minimum Gasteiger partial charge on any atom is -0.501 e. The Morgan fingerprint density at radius 2 is 2.25 bits per heavy atom. The Morgan fingerprint density at radius 3 is 2.94 bits per heavy atom. The van der Waals surface area contributed by atoms with Crippen molar-refractivity contribution in [1.29, 1.82) is 0 Å². The smallest absolute Gasteiger partial charge is 0.0909 e. The van der Waals surface area contributed by atoms with Gasteiger partial charge in [0.2, 0.25) is 0 Å². The van der Waals surface area contributed by atoms with Crippen molar-refractivity contribution < 1.29 is 4.74 Å². The molecule has 1 aliphatic heterocycles. The van der Waals surface area contributed by atoms with Crippen LogP contribution in [0.5, 0.6) is 0 Å². The number of hydrogen-bond acceptors (Lipinski definition) is 2. The van der Waals surface area contributed by atoms with Gasteiger partial charge in [0.25, 0.3) is 0 Å². The molecular formula is C14H18OS. The molecule has 1 saturated heterocycles. The Kier molecular flexibility index (Phi) is 4.34. The normalized spacial score (nSPS) is 21.1. The molecule has 0 spiro atoms. The van der Waals surface area contributed by atoms with Gasteiger partial charge in [-0.1, -0.05) is 30.3 Å². The topological polar surface area (TPSA) is 9.23 Å². The number of allylic oxidation sites excluding steroid dienone is 1. The summed E-state index contributed by atoms with van der Waals surface area (Å²) in [5.74, 6) is 3.32. The zero-order valence-corrected chi connectivity index (χ0v) is 10.5. The second kappa shape index (κ2) is 6.00. The van der Waals surface area contributed by atoms with Crippen LogP contribution in [-0.2, 0) is 4.74 Å². The van der Waals surface area contributed by atoms with Crippen LogP contribution in [-0.4, -0.2) is 18.1 Å². The summed E-state index contributed by atoms with van der Waals surface area (Å²) in [5.41, 5.74) is 2.44. The lowest BCUT2D eigenvalue weighted by Crippen LogP contribution is -2.05. The van der Waals surface area contributed by atoms with E-state index in [1.165, 1.54) is 29.1 Å². The molecule has 1 atom stereocenters. The monoisotopic (exact) mass is 234 g/mol. The number of thioether (sulfide) groups is 1. The highest BCUT2D eigenvalue weighted by Crippen LogP contribution is 2.23. The molecule has 1 heterocycles. The molecule has 16 heavy (non-hydrogen) atoms. The maximum Gasteiger partial charge on any atom is 0.0909 e. The maximum absolute atomic E-state index is 5.66. The standard InChI is InChI=1S/C14H18OS/c1-12(14-5-3-2-4-6-14)9-15-10-13-7-8-16-11-13/h2-6,9,13H,7-8,10-11H2,1H3/b12-9-. The molecule has 0 amide bonds. The molecule has 1 nitrogen and oxygen atoms in total. The first-order valence-corrected chi connectivity index (χ1v) is 6.93. The zero-order valence-electron chi connectivity index (χ0n) is 9.69. The van der Waals surface area contributed by atoms with Crippen molar-refractivity contribution in [3.8, 4) is 0 Å². The van der Waals surface area contributed by atoms with Crippen molar-refractivity contribution in [2.24, 2.45) is 5.92 Å². The van der Waals surface area contributed by atoms with Crippen molar-refractivity contribution in [1.82, 2.24) is 0 Å². The van der Waals surface area contributed by atoms with E-state index in [2.05, 4.69) is 31.2 Å². The van der Waals surface area contributed by atoms with Crippen molar-refractivity contribution in [3.63, 3.8) is 0 Å². The first-order chi connectivity index (χ1) is 7.86.